The van der Waals surface area contributed by atoms with Crippen LogP contribution in [0.5, 0.6) is 0 Å². The van der Waals surface area contributed by atoms with Gasteiger partial charge < -0.3 is 5.11 Å². The summed E-state index contributed by atoms with van der Waals surface area (Å²) in [5, 5.41) is 7.60. The van der Waals surface area contributed by atoms with E-state index in [-0.39, 0.29) is 0 Å². The molecule has 0 unspecified atom stereocenters. The quantitative estimate of drug-likeness (QED) is 0.749. The zero-order valence-electron chi connectivity index (χ0n) is 11.7. The van der Waals surface area contributed by atoms with Crippen LogP contribution in [-0.2, 0) is 4.79 Å². The topological polar surface area (TPSA) is 37.3 Å². The summed E-state index contributed by atoms with van der Waals surface area (Å²) in [5.41, 5.74) is 0.800. The second kappa shape index (κ2) is 5.07. The molecule has 2 nitrogen and oxygen atoms in total. The lowest BCUT2D eigenvalue weighted by atomic mass is 9.47. The number of carboxylic acid groups (broad SMARTS) is 1. The number of hydrogen-bond donors (Lipinski definition) is 1. The maximum atomic E-state index is 9.25. The van der Waals surface area contributed by atoms with Crippen LogP contribution in [-0.4, -0.2) is 11.1 Å². The Labute approximate surface area is 110 Å². The monoisotopic (exact) mass is 250 g/mol. The van der Waals surface area contributed by atoms with Gasteiger partial charge in [-0.15, -0.1) is 0 Å². The average Bonchev–Trinajstić information content (AvgIpc) is 2.27. The molecule has 0 aromatic carbocycles. The molecule has 0 radical (unpaired) electrons. The van der Waals surface area contributed by atoms with E-state index >= 15 is 0 Å². The minimum absolute atomic E-state index is 0.800. The van der Waals surface area contributed by atoms with Crippen LogP contribution in [0, 0.1) is 29.1 Å². The molecule has 0 aromatic rings. The van der Waals surface area contributed by atoms with E-state index < -0.39 is 5.97 Å². The van der Waals surface area contributed by atoms with Gasteiger partial charge >= 0.3 is 5.97 Å². The molecule has 0 saturated heterocycles. The first-order valence-corrected chi connectivity index (χ1v) is 7.30. The number of aliphatic carboxylic acids is 1. The first-order chi connectivity index (χ1) is 8.45. The van der Waals surface area contributed by atoms with Gasteiger partial charge in [-0.05, 0) is 67.6 Å². The third kappa shape index (κ3) is 2.62. The summed E-state index contributed by atoms with van der Waals surface area (Å²) in [6.45, 7) is 7.89. The van der Waals surface area contributed by atoms with Gasteiger partial charge in [0.25, 0.3) is 0 Å². The van der Waals surface area contributed by atoms with E-state index in [1.807, 2.05) is 0 Å². The van der Waals surface area contributed by atoms with Gasteiger partial charge in [0.1, 0.15) is 0 Å². The Hall–Kier alpha value is -0.790. The predicted molar refractivity (Wildman–Crippen MR) is 73.3 cm³/mol. The summed E-state index contributed by atoms with van der Waals surface area (Å²) in [5.74, 6) is 3.36. The molecule has 1 N–H and O–H groups in total. The van der Waals surface area contributed by atoms with Crippen LogP contribution in [0.3, 0.4) is 0 Å². The number of hydrogen-bond acceptors (Lipinski definition) is 1. The van der Waals surface area contributed by atoms with Gasteiger partial charge in [-0.1, -0.05) is 20.4 Å². The summed E-state index contributed by atoms with van der Waals surface area (Å²) in [6.07, 6.45) is 10.3. The van der Waals surface area contributed by atoms with E-state index in [1.54, 1.807) is 38.5 Å². The van der Waals surface area contributed by atoms with Crippen LogP contribution < -0.4 is 0 Å². The Bertz CT molecular complexity index is 295. The molecule has 0 spiro atoms. The van der Waals surface area contributed by atoms with Crippen LogP contribution in [0.15, 0.2) is 12.7 Å². The molecule has 0 aromatic heterocycles. The Morgan fingerprint density at radius 2 is 1.50 bits per heavy atom. The zero-order valence-corrected chi connectivity index (χ0v) is 11.7. The van der Waals surface area contributed by atoms with Gasteiger partial charge in [0, 0.05) is 6.08 Å². The SMILES string of the molecule is C=CC(=O)O.CC(C)C12CC3CC(CC(C3)C1)C2. The van der Waals surface area contributed by atoms with Crippen molar-refractivity contribution < 1.29 is 9.90 Å². The molecule has 4 fully saturated rings. The standard InChI is InChI=1S/C13H22.C3H4O2/c1-9(2)13-6-10-3-11(7-13)5-12(4-10)8-13;1-2-3(4)5/h9-12H,3-8H2,1-2H3;2H,1H2,(H,4,5). The van der Waals surface area contributed by atoms with Gasteiger partial charge in [-0.3, -0.25) is 0 Å². The molecule has 0 amide bonds. The molecule has 4 aliphatic carbocycles. The maximum Gasteiger partial charge on any atom is 0.327 e. The minimum Gasteiger partial charge on any atom is -0.478 e. The summed E-state index contributed by atoms with van der Waals surface area (Å²) in [4.78, 5) is 9.25. The van der Waals surface area contributed by atoms with Crippen LogP contribution in [0.2, 0.25) is 0 Å². The smallest absolute Gasteiger partial charge is 0.327 e. The molecule has 4 aliphatic rings. The molecule has 0 heterocycles. The summed E-state index contributed by atoms with van der Waals surface area (Å²) in [6, 6.07) is 0. The number of rotatable bonds is 2. The molecular weight excluding hydrogens is 224 g/mol. The Morgan fingerprint density at radius 3 is 1.72 bits per heavy atom. The molecule has 0 aliphatic heterocycles. The van der Waals surface area contributed by atoms with Gasteiger partial charge in [-0.2, -0.15) is 0 Å². The number of carbonyl (C=O) groups is 1. The lowest BCUT2D eigenvalue weighted by Gasteiger charge is -2.58. The van der Waals surface area contributed by atoms with Crippen molar-refractivity contribution in [3.8, 4) is 0 Å². The van der Waals surface area contributed by atoms with Crippen LogP contribution >= 0.6 is 0 Å². The Morgan fingerprint density at radius 1 is 1.17 bits per heavy atom. The molecule has 102 valence electrons. The van der Waals surface area contributed by atoms with Crippen LogP contribution in [0.25, 0.3) is 0 Å². The minimum atomic E-state index is -0.981. The average molecular weight is 250 g/mol. The lowest BCUT2D eigenvalue weighted by Crippen LogP contribution is -2.48. The zero-order chi connectivity index (χ0) is 13.3. The van der Waals surface area contributed by atoms with Gasteiger partial charge in [0.2, 0.25) is 0 Å². The van der Waals surface area contributed by atoms with Crippen molar-refractivity contribution in [2.45, 2.75) is 52.4 Å². The van der Waals surface area contributed by atoms with E-state index in [1.165, 1.54) is 0 Å². The van der Waals surface area contributed by atoms with Gasteiger partial charge in [-0.25, -0.2) is 4.79 Å². The van der Waals surface area contributed by atoms with Crippen LogP contribution in [0.4, 0.5) is 0 Å². The van der Waals surface area contributed by atoms with E-state index in [0.29, 0.717) is 0 Å². The van der Waals surface area contributed by atoms with Gasteiger partial charge in [0.05, 0.1) is 0 Å². The molecular formula is C16H26O2. The van der Waals surface area contributed by atoms with Crippen molar-refractivity contribution in [2.24, 2.45) is 29.1 Å². The highest BCUT2D eigenvalue weighted by molar-refractivity contribution is 5.78. The second-order valence-electron chi connectivity index (χ2n) is 6.98. The van der Waals surface area contributed by atoms with E-state index in [9.17, 15) is 4.79 Å². The number of carboxylic acids is 1. The molecule has 4 saturated carbocycles. The van der Waals surface area contributed by atoms with Crippen LogP contribution in [0.1, 0.15) is 52.4 Å². The fourth-order valence-electron chi connectivity index (χ4n) is 4.88. The third-order valence-corrected chi connectivity index (χ3v) is 5.48. The van der Waals surface area contributed by atoms with Crippen molar-refractivity contribution in [3.05, 3.63) is 12.7 Å². The largest absolute Gasteiger partial charge is 0.478 e. The highest BCUT2D eigenvalue weighted by Gasteiger charge is 2.51. The van der Waals surface area contributed by atoms with Crippen molar-refractivity contribution >= 4 is 5.97 Å². The highest BCUT2D eigenvalue weighted by Crippen LogP contribution is 2.62. The fourth-order valence-corrected chi connectivity index (χ4v) is 4.88. The second-order valence-corrected chi connectivity index (χ2v) is 6.98. The molecule has 2 heteroatoms. The Kier molecular flexibility index (Phi) is 3.84. The fraction of sp³-hybridized carbons (Fsp3) is 0.812. The van der Waals surface area contributed by atoms with Crippen molar-refractivity contribution in [1.29, 1.82) is 0 Å². The molecule has 0 atom stereocenters. The first kappa shape index (κ1) is 13.6. The molecule has 4 bridgehead atoms. The normalized spacial score (nSPS) is 40.3. The van der Waals surface area contributed by atoms with E-state index in [2.05, 4.69) is 20.4 Å². The highest BCUT2D eigenvalue weighted by atomic mass is 16.4. The predicted octanol–water partition coefficient (Wildman–Crippen LogP) is 4.12. The summed E-state index contributed by atoms with van der Waals surface area (Å²) in [7, 11) is 0. The van der Waals surface area contributed by atoms with Crippen molar-refractivity contribution in [1.82, 2.24) is 0 Å². The van der Waals surface area contributed by atoms with E-state index in [0.717, 1.165) is 35.2 Å². The summed E-state index contributed by atoms with van der Waals surface area (Å²) >= 11 is 0. The van der Waals surface area contributed by atoms with E-state index in [4.69, 9.17) is 5.11 Å². The van der Waals surface area contributed by atoms with Crippen molar-refractivity contribution in [3.63, 3.8) is 0 Å². The molecule has 18 heavy (non-hydrogen) atoms. The van der Waals surface area contributed by atoms with Gasteiger partial charge in [0.15, 0.2) is 0 Å². The lowest BCUT2D eigenvalue weighted by molar-refractivity contribution is -0.131. The summed E-state index contributed by atoms with van der Waals surface area (Å²) < 4.78 is 0. The Balaban J connectivity index is 0.000000209. The maximum absolute atomic E-state index is 9.25. The van der Waals surface area contributed by atoms with Crippen molar-refractivity contribution in [2.75, 3.05) is 0 Å². The third-order valence-electron chi connectivity index (χ3n) is 5.48. The first-order valence-electron chi connectivity index (χ1n) is 7.30. The molecule has 4 rings (SSSR count).